The highest BCUT2D eigenvalue weighted by Gasteiger charge is 2.06. The molecule has 0 saturated heterocycles. The molecule has 0 bridgehead atoms. The number of hydrogen-bond acceptors (Lipinski definition) is 1. The van der Waals surface area contributed by atoms with Crippen molar-refractivity contribution in [2.24, 2.45) is 0 Å². The fourth-order valence-electron chi connectivity index (χ4n) is 2.83. The molecule has 1 aromatic heterocycles. The smallest absolute Gasteiger partial charge is 0.111 e. The van der Waals surface area contributed by atoms with Crippen molar-refractivity contribution in [2.45, 2.75) is 12.8 Å². The first-order valence-electron chi connectivity index (χ1n) is 8.18. The van der Waals surface area contributed by atoms with E-state index in [4.69, 9.17) is 0 Å². The van der Waals surface area contributed by atoms with E-state index >= 15 is 0 Å². The average Bonchev–Trinajstić information content (AvgIpc) is 3.04. The zero-order chi connectivity index (χ0) is 16.2. The molecule has 0 radical (unpaired) electrons. The van der Waals surface area contributed by atoms with Crippen molar-refractivity contribution in [3.05, 3.63) is 101 Å². The van der Waals surface area contributed by atoms with Crippen LogP contribution in [0.1, 0.15) is 17.8 Å². The molecule has 2 aromatic carbocycles. The first-order valence-corrected chi connectivity index (χ1v) is 8.18. The first kappa shape index (κ1) is 14.5. The number of allylic oxidation sites excluding steroid dienone is 5. The normalized spacial score (nSPS) is 13.7. The predicted molar refractivity (Wildman–Crippen MR) is 99.6 cm³/mol. The highest BCUT2D eigenvalue weighted by Crippen LogP contribution is 2.19. The Balaban J connectivity index is 1.47. The molecular weight excluding hydrogens is 292 g/mol. The van der Waals surface area contributed by atoms with E-state index < -0.39 is 0 Å². The van der Waals surface area contributed by atoms with E-state index in [0.29, 0.717) is 0 Å². The molecule has 1 heterocycles. The van der Waals surface area contributed by atoms with E-state index in [1.165, 1.54) is 16.7 Å². The number of nitrogens with one attached hydrogen (secondary N) is 1. The lowest BCUT2D eigenvalue weighted by Gasteiger charge is -2.06. The Kier molecular flexibility index (Phi) is 3.97. The van der Waals surface area contributed by atoms with Gasteiger partial charge in [0.25, 0.3) is 0 Å². The summed E-state index contributed by atoms with van der Waals surface area (Å²) in [5.41, 5.74) is 9.17. The molecule has 24 heavy (non-hydrogen) atoms. The molecule has 0 unspecified atom stereocenters. The third-order valence-corrected chi connectivity index (χ3v) is 4.12. The van der Waals surface area contributed by atoms with Crippen molar-refractivity contribution in [1.82, 2.24) is 9.97 Å². The molecular formula is C22H18N2. The van der Waals surface area contributed by atoms with Crippen molar-refractivity contribution in [1.29, 1.82) is 0 Å². The maximum Gasteiger partial charge on any atom is 0.111 e. The predicted octanol–water partition coefficient (Wildman–Crippen LogP) is 5.23. The molecule has 0 spiro atoms. The number of imidazole rings is 1. The van der Waals surface area contributed by atoms with Crippen LogP contribution in [0, 0.1) is 0 Å². The number of benzene rings is 2. The van der Waals surface area contributed by atoms with E-state index in [0.717, 1.165) is 29.7 Å². The molecule has 0 amide bonds. The van der Waals surface area contributed by atoms with Crippen LogP contribution in [-0.2, 0) is 6.42 Å². The second-order valence-corrected chi connectivity index (χ2v) is 5.92. The topological polar surface area (TPSA) is 28.7 Å². The highest BCUT2D eigenvalue weighted by atomic mass is 14.9. The van der Waals surface area contributed by atoms with Crippen LogP contribution in [-0.4, -0.2) is 9.97 Å². The lowest BCUT2D eigenvalue weighted by Crippen LogP contribution is -1.94. The lowest BCUT2D eigenvalue weighted by atomic mass is 10.0. The Labute approximate surface area is 141 Å². The van der Waals surface area contributed by atoms with Crippen LogP contribution in [0.25, 0.3) is 17.1 Å². The summed E-state index contributed by atoms with van der Waals surface area (Å²) in [6, 6.07) is 18.4. The number of fused-ring (bicyclic) bond motifs is 1. The summed E-state index contributed by atoms with van der Waals surface area (Å²) in [5, 5.41) is 0. The SMILES string of the molecule is C(=Cc1ccccc1)=C1C=CC(Cc2nc3ccccc3[nH]2)=CC1. The van der Waals surface area contributed by atoms with Gasteiger partial charge in [0.05, 0.1) is 11.0 Å². The average molecular weight is 310 g/mol. The van der Waals surface area contributed by atoms with Gasteiger partial charge in [-0.3, -0.25) is 0 Å². The van der Waals surface area contributed by atoms with Gasteiger partial charge in [0, 0.05) is 6.42 Å². The van der Waals surface area contributed by atoms with Crippen molar-refractivity contribution in [3.8, 4) is 0 Å². The third kappa shape index (κ3) is 3.29. The summed E-state index contributed by atoms with van der Waals surface area (Å²) in [7, 11) is 0. The van der Waals surface area contributed by atoms with Crippen molar-refractivity contribution >= 4 is 17.1 Å². The van der Waals surface area contributed by atoms with Crippen LogP contribution >= 0.6 is 0 Å². The number of nitrogens with zero attached hydrogens (tertiary/aromatic N) is 1. The molecule has 1 N–H and O–H groups in total. The highest BCUT2D eigenvalue weighted by molar-refractivity contribution is 5.74. The quantitative estimate of drug-likeness (QED) is 0.659. The van der Waals surface area contributed by atoms with E-state index in [1.807, 2.05) is 42.5 Å². The number of aromatic amines is 1. The Morgan fingerprint density at radius 1 is 1.00 bits per heavy atom. The minimum absolute atomic E-state index is 0.834. The molecule has 1 aliphatic carbocycles. The van der Waals surface area contributed by atoms with Crippen LogP contribution in [0.2, 0.25) is 0 Å². The molecule has 2 heteroatoms. The minimum atomic E-state index is 0.834. The largest absolute Gasteiger partial charge is 0.342 e. The van der Waals surface area contributed by atoms with Gasteiger partial charge in [-0.05, 0) is 41.3 Å². The fraction of sp³-hybridized carbons (Fsp3) is 0.0909. The maximum atomic E-state index is 4.64. The Morgan fingerprint density at radius 3 is 2.62 bits per heavy atom. The summed E-state index contributed by atoms with van der Waals surface area (Å²) in [5.74, 6) is 1.01. The molecule has 3 aromatic rings. The first-order chi connectivity index (χ1) is 11.9. The monoisotopic (exact) mass is 310 g/mol. The third-order valence-electron chi connectivity index (χ3n) is 4.12. The zero-order valence-electron chi connectivity index (χ0n) is 13.4. The molecule has 116 valence electrons. The van der Waals surface area contributed by atoms with Gasteiger partial charge in [0.2, 0.25) is 0 Å². The number of rotatable bonds is 3. The number of aromatic nitrogens is 2. The zero-order valence-corrected chi connectivity index (χ0v) is 13.4. The van der Waals surface area contributed by atoms with E-state index in [9.17, 15) is 0 Å². The second-order valence-electron chi connectivity index (χ2n) is 5.92. The van der Waals surface area contributed by atoms with Gasteiger partial charge in [-0.15, -0.1) is 5.73 Å². The number of H-pyrrole nitrogens is 1. The minimum Gasteiger partial charge on any atom is -0.342 e. The Bertz CT molecular complexity index is 948. The maximum absolute atomic E-state index is 4.64. The summed E-state index contributed by atoms with van der Waals surface area (Å²) >= 11 is 0. The van der Waals surface area contributed by atoms with Gasteiger partial charge in [-0.2, -0.15) is 0 Å². The van der Waals surface area contributed by atoms with Gasteiger partial charge in [0.1, 0.15) is 5.82 Å². The Hall–Kier alpha value is -3.09. The van der Waals surface area contributed by atoms with Gasteiger partial charge in [0.15, 0.2) is 0 Å². The summed E-state index contributed by atoms with van der Waals surface area (Å²) in [6.45, 7) is 0. The lowest BCUT2D eigenvalue weighted by molar-refractivity contribution is 1.02. The van der Waals surface area contributed by atoms with Crippen LogP contribution in [0.5, 0.6) is 0 Å². The molecule has 0 atom stereocenters. The van der Waals surface area contributed by atoms with Gasteiger partial charge in [-0.1, -0.05) is 60.7 Å². The summed E-state index contributed by atoms with van der Waals surface area (Å²) < 4.78 is 0. The summed E-state index contributed by atoms with van der Waals surface area (Å²) in [4.78, 5) is 8.03. The Morgan fingerprint density at radius 2 is 1.83 bits per heavy atom. The van der Waals surface area contributed by atoms with Gasteiger partial charge >= 0.3 is 0 Å². The van der Waals surface area contributed by atoms with Crippen molar-refractivity contribution < 1.29 is 0 Å². The summed E-state index contributed by atoms with van der Waals surface area (Å²) in [6.07, 6.45) is 10.4. The molecule has 0 saturated carbocycles. The van der Waals surface area contributed by atoms with Crippen LogP contribution in [0.15, 0.2) is 89.7 Å². The van der Waals surface area contributed by atoms with Crippen molar-refractivity contribution in [3.63, 3.8) is 0 Å². The second kappa shape index (κ2) is 6.57. The molecule has 0 fully saturated rings. The molecule has 0 aliphatic heterocycles. The molecule has 4 rings (SSSR count). The van der Waals surface area contributed by atoms with Crippen molar-refractivity contribution in [2.75, 3.05) is 0 Å². The van der Waals surface area contributed by atoms with E-state index in [2.05, 4.69) is 52.1 Å². The molecule has 2 nitrogen and oxygen atoms in total. The van der Waals surface area contributed by atoms with Crippen LogP contribution in [0.3, 0.4) is 0 Å². The van der Waals surface area contributed by atoms with Gasteiger partial charge in [-0.25, -0.2) is 4.98 Å². The number of para-hydroxylation sites is 2. The van der Waals surface area contributed by atoms with E-state index in [1.54, 1.807) is 0 Å². The molecule has 1 aliphatic rings. The van der Waals surface area contributed by atoms with Crippen LogP contribution < -0.4 is 0 Å². The van der Waals surface area contributed by atoms with Gasteiger partial charge < -0.3 is 4.98 Å². The fourth-order valence-corrected chi connectivity index (χ4v) is 2.83. The number of hydrogen-bond donors (Lipinski definition) is 1. The van der Waals surface area contributed by atoms with Crippen LogP contribution in [0.4, 0.5) is 0 Å². The standard InChI is InChI=1S/C22H18N2/c1-2-6-17(7-3-1)10-11-18-12-14-19(15-13-18)16-22-23-20-8-4-5-9-21(20)24-22/h1-10,12,14-15H,13,16H2,(H,23,24). The van der Waals surface area contributed by atoms with E-state index in [-0.39, 0.29) is 0 Å².